The van der Waals surface area contributed by atoms with Crippen molar-refractivity contribution in [3.8, 4) is 0 Å². The van der Waals surface area contributed by atoms with Gasteiger partial charge in [-0.1, -0.05) is 0 Å². The van der Waals surface area contributed by atoms with Gasteiger partial charge in [0.2, 0.25) is 0 Å². The molecule has 0 aliphatic carbocycles. The minimum Gasteiger partial charge on any atom is -0.310 e. The van der Waals surface area contributed by atoms with Crippen molar-refractivity contribution in [2.45, 2.75) is 12.1 Å². The smallest absolute Gasteiger partial charge is 0.141 e. The summed E-state index contributed by atoms with van der Waals surface area (Å²) in [6.07, 6.45) is 2.27. The zero-order valence-corrected chi connectivity index (χ0v) is 7.05. The van der Waals surface area contributed by atoms with Crippen LogP contribution in [0, 0.1) is 0 Å². The molecule has 0 aromatic carbocycles. The molecule has 1 saturated heterocycles. The van der Waals surface area contributed by atoms with Crippen LogP contribution in [0.15, 0.2) is 12.3 Å². The van der Waals surface area contributed by atoms with Gasteiger partial charge < -0.3 is 5.32 Å². The molecular formula is C8H12FN3. The van der Waals surface area contributed by atoms with Crippen molar-refractivity contribution in [2.75, 3.05) is 13.1 Å². The fraction of sp³-hybridized carbons (Fsp3) is 0.625. The number of halogens is 1. The van der Waals surface area contributed by atoms with Crippen LogP contribution < -0.4 is 5.32 Å². The first kappa shape index (κ1) is 7.73. The van der Waals surface area contributed by atoms with Crippen LogP contribution in [-0.2, 0) is 13.5 Å². The average Bonchev–Trinajstić information content (AvgIpc) is 2.32. The van der Waals surface area contributed by atoms with E-state index in [1.54, 1.807) is 4.68 Å². The Kier molecular flexibility index (Phi) is 1.65. The van der Waals surface area contributed by atoms with Crippen LogP contribution in [0.5, 0.6) is 0 Å². The maximum Gasteiger partial charge on any atom is 0.141 e. The highest BCUT2D eigenvalue weighted by Crippen LogP contribution is 2.21. The Labute approximate surface area is 70.6 Å². The van der Waals surface area contributed by atoms with Gasteiger partial charge in [0, 0.05) is 32.8 Å². The average molecular weight is 169 g/mol. The van der Waals surface area contributed by atoms with E-state index in [-0.39, 0.29) is 0 Å². The van der Waals surface area contributed by atoms with Crippen molar-refractivity contribution >= 4 is 0 Å². The fourth-order valence-corrected chi connectivity index (χ4v) is 1.40. The van der Waals surface area contributed by atoms with Gasteiger partial charge in [-0.2, -0.15) is 5.10 Å². The molecule has 1 aliphatic heterocycles. The van der Waals surface area contributed by atoms with Gasteiger partial charge in [0.05, 0.1) is 5.69 Å². The molecule has 0 amide bonds. The number of aryl methyl sites for hydroxylation is 1. The van der Waals surface area contributed by atoms with Gasteiger partial charge in [-0.05, 0) is 6.07 Å². The van der Waals surface area contributed by atoms with E-state index < -0.39 is 5.67 Å². The maximum absolute atomic E-state index is 13.5. The van der Waals surface area contributed by atoms with Crippen LogP contribution in [0.4, 0.5) is 4.39 Å². The molecule has 4 heteroatoms. The minimum atomic E-state index is -1.05. The lowest BCUT2D eigenvalue weighted by molar-refractivity contribution is 0.0899. The topological polar surface area (TPSA) is 29.9 Å². The fourth-order valence-electron chi connectivity index (χ4n) is 1.40. The predicted octanol–water partition coefficient (Wildman–Crippen LogP) is 0.274. The summed E-state index contributed by atoms with van der Waals surface area (Å²) in [5, 5.41) is 7.05. The third-order valence-corrected chi connectivity index (χ3v) is 2.15. The van der Waals surface area contributed by atoms with Gasteiger partial charge in [0.15, 0.2) is 0 Å². The summed E-state index contributed by atoms with van der Waals surface area (Å²) in [6.45, 7) is 0.924. The molecule has 0 atom stereocenters. The molecule has 0 radical (unpaired) electrons. The number of hydrogen-bond donors (Lipinski definition) is 1. The van der Waals surface area contributed by atoms with Crippen LogP contribution >= 0.6 is 0 Å². The van der Waals surface area contributed by atoms with Gasteiger partial charge in [-0.25, -0.2) is 4.39 Å². The third-order valence-electron chi connectivity index (χ3n) is 2.15. The normalized spacial score (nSPS) is 20.5. The van der Waals surface area contributed by atoms with Crippen LogP contribution in [0.3, 0.4) is 0 Å². The standard InChI is InChI=1S/C8H12FN3/c1-12-3-2-7(11-12)4-8(9)5-10-6-8/h2-3,10H,4-6H2,1H3. The molecule has 1 N–H and O–H groups in total. The zero-order chi connectivity index (χ0) is 8.60. The summed E-state index contributed by atoms with van der Waals surface area (Å²) < 4.78 is 15.2. The minimum absolute atomic E-state index is 0.431. The van der Waals surface area contributed by atoms with Crippen LogP contribution in [0.2, 0.25) is 0 Å². The van der Waals surface area contributed by atoms with E-state index in [2.05, 4.69) is 10.4 Å². The molecule has 1 aliphatic rings. The summed E-state index contributed by atoms with van der Waals surface area (Å²) >= 11 is 0. The van der Waals surface area contributed by atoms with Crippen molar-refractivity contribution in [3.05, 3.63) is 18.0 Å². The first-order valence-corrected chi connectivity index (χ1v) is 4.06. The molecule has 1 fully saturated rings. The molecule has 66 valence electrons. The van der Waals surface area contributed by atoms with Crippen molar-refractivity contribution in [1.82, 2.24) is 15.1 Å². The predicted molar refractivity (Wildman–Crippen MR) is 43.6 cm³/mol. The number of nitrogens with zero attached hydrogens (tertiary/aromatic N) is 2. The van der Waals surface area contributed by atoms with Crippen molar-refractivity contribution in [1.29, 1.82) is 0 Å². The van der Waals surface area contributed by atoms with Crippen LogP contribution in [-0.4, -0.2) is 28.5 Å². The van der Waals surface area contributed by atoms with Gasteiger partial charge >= 0.3 is 0 Å². The number of hydrogen-bond acceptors (Lipinski definition) is 2. The lowest BCUT2D eigenvalue weighted by Crippen LogP contribution is -2.57. The Balaban J connectivity index is 2.03. The van der Waals surface area contributed by atoms with Gasteiger partial charge in [0.25, 0.3) is 0 Å². The van der Waals surface area contributed by atoms with E-state index in [0.717, 1.165) is 5.69 Å². The summed E-state index contributed by atoms with van der Waals surface area (Å²) in [6, 6.07) is 1.86. The molecule has 1 aromatic heterocycles. The van der Waals surface area contributed by atoms with Gasteiger partial charge in [-0.15, -0.1) is 0 Å². The van der Waals surface area contributed by atoms with Crippen molar-refractivity contribution in [2.24, 2.45) is 7.05 Å². The number of aromatic nitrogens is 2. The Morgan fingerprint density at radius 1 is 1.75 bits per heavy atom. The lowest BCUT2D eigenvalue weighted by atomic mass is 9.94. The van der Waals surface area contributed by atoms with Crippen molar-refractivity contribution < 1.29 is 4.39 Å². The van der Waals surface area contributed by atoms with Gasteiger partial charge in [-0.3, -0.25) is 4.68 Å². The Bertz CT molecular complexity index is 278. The first-order chi connectivity index (χ1) is 5.68. The Hall–Kier alpha value is -0.900. The molecular weight excluding hydrogens is 157 g/mol. The molecule has 2 heterocycles. The van der Waals surface area contributed by atoms with Crippen LogP contribution in [0.25, 0.3) is 0 Å². The molecule has 0 unspecified atom stereocenters. The number of alkyl halides is 1. The zero-order valence-electron chi connectivity index (χ0n) is 7.05. The summed E-state index contributed by atoms with van der Waals surface area (Å²) in [5.74, 6) is 0. The second-order valence-electron chi connectivity index (χ2n) is 3.41. The third kappa shape index (κ3) is 1.34. The van der Waals surface area contributed by atoms with E-state index in [1.807, 2.05) is 19.3 Å². The van der Waals surface area contributed by atoms with E-state index in [9.17, 15) is 4.39 Å². The summed E-state index contributed by atoms with van der Waals surface area (Å²) in [7, 11) is 1.84. The molecule has 2 rings (SSSR count). The largest absolute Gasteiger partial charge is 0.310 e. The lowest BCUT2D eigenvalue weighted by Gasteiger charge is -2.34. The number of rotatable bonds is 2. The second-order valence-corrected chi connectivity index (χ2v) is 3.41. The monoisotopic (exact) mass is 169 g/mol. The first-order valence-electron chi connectivity index (χ1n) is 4.06. The quantitative estimate of drug-likeness (QED) is 0.689. The highest BCUT2D eigenvalue weighted by molar-refractivity contribution is 5.08. The highest BCUT2D eigenvalue weighted by atomic mass is 19.1. The number of nitrogens with one attached hydrogen (secondary N) is 1. The SMILES string of the molecule is Cn1ccc(CC2(F)CNC2)n1. The molecule has 12 heavy (non-hydrogen) atoms. The molecule has 1 aromatic rings. The van der Waals surface area contributed by atoms with E-state index >= 15 is 0 Å². The second kappa shape index (κ2) is 2.55. The highest BCUT2D eigenvalue weighted by Gasteiger charge is 2.37. The summed E-state index contributed by atoms with van der Waals surface area (Å²) in [5.41, 5.74) is -0.213. The van der Waals surface area contributed by atoms with Crippen LogP contribution in [0.1, 0.15) is 5.69 Å². The molecule has 0 spiro atoms. The van der Waals surface area contributed by atoms with E-state index in [0.29, 0.717) is 19.5 Å². The maximum atomic E-state index is 13.5. The Morgan fingerprint density at radius 2 is 2.50 bits per heavy atom. The summed E-state index contributed by atoms with van der Waals surface area (Å²) in [4.78, 5) is 0. The Morgan fingerprint density at radius 3 is 2.92 bits per heavy atom. The van der Waals surface area contributed by atoms with E-state index in [4.69, 9.17) is 0 Å². The molecule has 3 nitrogen and oxygen atoms in total. The molecule has 0 bridgehead atoms. The van der Waals surface area contributed by atoms with E-state index in [1.165, 1.54) is 0 Å². The molecule has 0 saturated carbocycles. The van der Waals surface area contributed by atoms with Gasteiger partial charge in [0.1, 0.15) is 5.67 Å². The van der Waals surface area contributed by atoms with Crippen molar-refractivity contribution in [3.63, 3.8) is 0 Å².